The van der Waals surface area contributed by atoms with E-state index in [-0.39, 0.29) is 0 Å². The first-order chi connectivity index (χ1) is 8.69. The molecule has 1 saturated heterocycles. The molecule has 18 heavy (non-hydrogen) atoms. The molecular weight excluding hydrogens is 226 g/mol. The second-order valence-corrected chi connectivity index (χ2v) is 5.17. The van der Waals surface area contributed by atoms with E-state index in [4.69, 9.17) is 0 Å². The Kier molecular flexibility index (Phi) is 4.36. The van der Waals surface area contributed by atoms with Gasteiger partial charge in [-0.15, -0.1) is 0 Å². The molecule has 1 aliphatic rings. The summed E-state index contributed by atoms with van der Waals surface area (Å²) in [6.07, 6.45) is 1.81. The summed E-state index contributed by atoms with van der Waals surface area (Å²) in [6.45, 7) is 10.1. The maximum atomic E-state index is 4.49. The maximum absolute atomic E-state index is 4.49. The van der Waals surface area contributed by atoms with Crippen LogP contribution in [0, 0.1) is 5.92 Å². The minimum atomic E-state index is 0.692. The van der Waals surface area contributed by atoms with Gasteiger partial charge in [0, 0.05) is 46.0 Å². The summed E-state index contributed by atoms with van der Waals surface area (Å²) in [5.41, 5.74) is 0. The van der Waals surface area contributed by atoms with Crippen molar-refractivity contribution in [3.05, 3.63) is 12.3 Å². The Morgan fingerprint density at radius 1 is 1.28 bits per heavy atom. The minimum absolute atomic E-state index is 0.692. The molecule has 1 fully saturated rings. The number of nitrogens with zero attached hydrogens (tertiary/aromatic N) is 4. The summed E-state index contributed by atoms with van der Waals surface area (Å²) >= 11 is 0. The lowest BCUT2D eigenvalue weighted by Gasteiger charge is -2.36. The zero-order valence-corrected chi connectivity index (χ0v) is 11.6. The highest BCUT2D eigenvalue weighted by molar-refractivity contribution is 5.42. The van der Waals surface area contributed by atoms with E-state index in [0.717, 1.165) is 37.9 Å². The molecule has 0 atom stereocenters. The van der Waals surface area contributed by atoms with Gasteiger partial charge in [-0.1, -0.05) is 13.8 Å². The van der Waals surface area contributed by atoms with Gasteiger partial charge in [0.15, 0.2) is 0 Å². The van der Waals surface area contributed by atoms with Crippen LogP contribution in [0.25, 0.3) is 0 Å². The molecule has 5 heteroatoms. The highest BCUT2D eigenvalue weighted by atomic mass is 15.3. The summed E-state index contributed by atoms with van der Waals surface area (Å²) in [5, 5.41) is 2.98. The molecular formula is C13H23N5. The van der Waals surface area contributed by atoms with Crippen molar-refractivity contribution >= 4 is 11.8 Å². The Morgan fingerprint density at radius 2 is 2.00 bits per heavy atom. The van der Waals surface area contributed by atoms with Crippen molar-refractivity contribution < 1.29 is 0 Å². The van der Waals surface area contributed by atoms with E-state index in [1.807, 2.05) is 19.3 Å². The van der Waals surface area contributed by atoms with E-state index in [1.54, 1.807) is 0 Å². The van der Waals surface area contributed by atoms with Gasteiger partial charge in [0.2, 0.25) is 5.95 Å². The fourth-order valence-corrected chi connectivity index (χ4v) is 2.32. The van der Waals surface area contributed by atoms with E-state index in [0.29, 0.717) is 5.95 Å². The lowest BCUT2D eigenvalue weighted by atomic mass is 10.2. The fourth-order valence-electron chi connectivity index (χ4n) is 2.32. The van der Waals surface area contributed by atoms with Gasteiger partial charge in [0.05, 0.1) is 0 Å². The largest absolute Gasteiger partial charge is 0.357 e. The van der Waals surface area contributed by atoms with Gasteiger partial charge in [-0.2, -0.15) is 4.98 Å². The van der Waals surface area contributed by atoms with E-state index in [9.17, 15) is 0 Å². The summed E-state index contributed by atoms with van der Waals surface area (Å²) in [6, 6.07) is 1.99. The Bertz CT molecular complexity index is 371. The van der Waals surface area contributed by atoms with Gasteiger partial charge >= 0.3 is 0 Å². The first kappa shape index (κ1) is 13.1. The molecule has 0 radical (unpaired) electrons. The second-order valence-electron chi connectivity index (χ2n) is 5.17. The number of hydrogen-bond acceptors (Lipinski definition) is 5. The molecule has 5 nitrogen and oxygen atoms in total. The van der Waals surface area contributed by atoms with Crippen molar-refractivity contribution in [2.45, 2.75) is 13.8 Å². The molecule has 1 aromatic heterocycles. The molecule has 1 aliphatic heterocycles. The van der Waals surface area contributed by atoms with Crippen molar-refractivity contribution in [3.63, 3.8) is 0 Å². The number of nitrogens with one attached hydrogen (secondary N) is 1. The number of rotatable bonds is 4. The molecule has 100 valence electrons. The van der Waals surface area contributed by atoms with Gasteiger partial charge < -0.3 is 10.2 Å². The monoisotopic (exact) mass is 249 g/mol. The number of aromatic nitrogens is 2. The average Bonchev–Trinajstić information content (AvgIpc) is 2.39. The summed E-state index contributed by atoms with van der Waals surface area (Å²) < 4.78 is 0. The first-order valence-corrected chi connectivity index (χ1v) is 6.67. The predicted octanol–water partition coefficient (Wildman–Crippen LogP) is 1.30. The lowest BCUT2D eigenvalue weighted by Crippen LogP contribution is -2.47. The van der Waals surface area contributed by atoms with Gasteiger partial charge in [0.1, 0.15) is 5.82 Å². The molecule has 0 saturated carbocycles. The van der Waals surface area contributed by atoms with Crippen molar-refractivity contribution in [1.82, 2.24) is 14.9 Å². The quantitative estimate of drug-likeness (QED) is 0.871. The highest BCUT2D eigenvalue weighted by Gasteiger charge is 2.18. The van der Waals surface area contributed by atoms with Gasteiger partial charge in [-0.05, 0) is 12.0 Å². The summed E-state index contributed by atoms with van der Waals surface area (Å²) in [5.74, 6) is 2.46. The van der Waals surface area contributed by atoms with Crippen LogP contribution in [-0.2, 0) is 0 Å². The zero-order chi connectivity index (χ0) is 13.0. The number of anilines is 2. The van der Waals surface area contributed by atoms with Gasteiger partial charge in [-0.25, -0.2) is 4.98 Å². The number of piperazine rings is 1. The average molecular weight is 249 g/mol. The van der Waals surface area contributed by atoms with Crippen molar-refractivity contribution in [3.8, 4) is 0 Å². The van der Waals surface area contributed by atoms with Crippen LogP contribution in [0.3, 0.4) is 0 Å². The fraction of sp³-hybridized carbons (Fsp3) is 0.692. The van der Waals surface area contributed by atoms with Crippen LogP contribution in [-0.4, -0.2) is 54.6 Å². The predicted molar refractivity (Wildman–Crippen MR) is 75.1 cm³/mol. The van der Waals surface area contributed by atoms with Crippen LogP contribution in [0.2, 0.25) is 0 Å². The maximum Gasteiger partial charge on any atom is 0.224 e. The topological polar surface area (TPSA) is 44.3 Å². The Balaban J connectivity index is 1.92. The molecule has 2 rings (SSSR count). The Labute approximate surface area is 109 Å². The molecule has 0 aromatic carbocycles. The standard InChI is InChI=1S/C13H23N5/c1-11(2)10-17-6-8-18(9-7-17)12-4-5-15-13(14-3)16-12/h4-5,11H,6-10H2,1-3H3,(H,14,15,16). The molecule has 1 aromatic rings. The van der Waals surface area contributed by atoms with Crippen LogP contribution in [0.1, 0.15) is 13.8 Å². The molecule has 0 bridgehead atoms. The molecule has 2 heterocycles. The second kappa shape index (κ2) is 6.00. The van der Waals surface area contributed by atoms with E-state index >= 15 is 0 Å². The normalized spacial score (nSPS) is 17.2. The van der Waals surface area contributed by atoms with Crippen LogP contribution in [0.5, 0.6) is 0 Å². The van der Waals surface area contributed by atoms with Crippen LogP contribution in [0.4, 0.5) is 11.8 Å². The van der Waals surface area contributed by atoms with E-state index < -0.39 is 0 Å². The lowest BCUT2D eigenvalue weighted by molar-refractivity contribution is 0.231. The molecule has 1 N–H and O–H groups in total. The number of hydrogen-bond donors (Lipinski definition) is 1. The summed E-state index contributed by atoms with van der Waals surface area (Å²) in [4.78, 5) is 13.5. The summed E-state index contributed by atoms with van der Waals surface area (Å²) in [7, 11) is 1.85. The van der Waals surface area contributed by atoms with Crippen molar-refractivity contribution in [2.24, 2.45) is 5.92 Å². The Hall–Kier alpha value is -1.36. The molecule has 0 unspecified atom stereocenters. The Morgan fingerprint density at radius 3 is 2.61 bits per heavy atom. The van der Waals surface area contributed by atoms with Crippen LogP contribution < -0.4 is 10.2 Å². The van der Waals surface area contributed by atoms with Crippen LogP contribution in [0.15, 0.2) is 12.3 Å². The van der Waals surface area contributed by atoms with Crippen LogP contribution >= 0.6 is 0 Å². The SMILES string of the molecule is CNc1nccc(N2CCN(CC(C)C)CC2)n1. The smallest absolute Gasteiger partial charge is 0.224 e. The molecule has 0 amide bonds. The third-order valence-electron chi connectivity index (χ3n) is 3.18. The van der Waals surface area contributed by atoms with E-state index in [2.05, 4.69) is 38.9 Å². The van der Waals surface area contributed by atoms with Crippen molar-refractivity contribution in [2.75, 3.05) is 50.0 Å². The van der Waals surface area contributed by atoms with Gasteiger partial charge in [-0.3, -0.25) is 4.90 Å². The zero-order valence-electron chi connectivity index (χ0n) is 11.6. The van der Waals surface area contributed by atoms with Gasteiger partial charge in [0.25, 0.3) is 0 Å². The molecule has 0 aliphatic carbocycles. The first-order valence-electron chi connectivity index (χ1n) is 6.67. The van der Waals surface area contributed by atoms with E-state index in [1.165, 1.54) is 6.54 Å². The third kappa shape index (κ3) is 3.32. The highest BCUT2D eigenvalue weighted by Crippen LogP contribution is 2.15. The van der Waals surface area contributed by atoms with Crippen molar-refractivity contribution in [1.29, 1.82) is 0 Å². The molecule has 0 spiro atoms. The minimum Gasteiger partial charge on any atom is -0.357 e. The third-order valence-corrected chi connectivity index (χ3v) is 3.18.